The fraction of sp³-hybridized carbons (Fsp3) is 0.667. The molecular weight excluding hydrogens is 186 g/mol. The molecule has 0 aliphatic carbocycles. The molecule has 1 fully saturated rings. The van der Waals surface area contributed by atoms with Crippen LogP contribution in [0.5, 0.6) is 0 Å². The third-order valence-electron chi connectivity index (χ3n) is 3.17. The number of H-pyrrole nitrogens is 1. The summed E-state index contributed by atoms with van der Waals surface area (Å²) < 4.78 is 0. The maximum Gasteiger partial charge on any atom is 0.0444 e. The van der Waals surface area contributed by atoms with Gasteiger partial charge in [-0.2, -0.15) is 0 Å². The normalized spacial score (nSPS) is 23.9. The van der Waals surface area contributed by atoms with Crippen LogP contribution in [0, 0.1) is 0 Å². The summed E-state index contributed by atoms with van der Waals surface area (Å²) in [6.45, 7) is 4.46. The van der Waals surface area contributed by atoms with Gasteiger partial charge in [0.2, 0.25) is 0 Å². The molecule has 3 nitrogen and oxygen atoms in total. The van der Waals surface area contributed by atoms with Crippen molar-refractivity contribution in [3.8, 4) is 0 Å². The van der Waals surface area contributed by atoms with Crippen molar-refractivity contribution in [2.75, 3.05) is 13.1 Å². The topological polar surface area (TPSA) is 39.8 Å². The highest BCUT2D eigenvalue weighted by atomic mass is 15.0. The van der Waals surface area contributed by atoms with Crippen LogP contribution < -0.4 is 10.6 Å². The molecule has 1 aliphatic heterocycles. The van der Waals surface area contributed by atoms with Gasteiger partial charge in [0.15, 0.2) is 0 Å². The SMILES string of the molecule is CC(NCC1CCCCN1)c1ccc[nH]1. The summed E-state index contributed by atoms with van der Waals surface area (Å²) >= 11 is 0. The van der Waals surface area contributed by atoms with E-state index in [2.05, 4.69) is 28.6 Å². The van der Waals surface area contributed by atoms with Crippen LogP contribution in [0.25, 0.3) is 0 Å². The highest BCUT2D eigenvalue weighted by Crippen LogP contribution is 2.10. The Kier molecular flexibility index (Phi) is 3.80. The molecule has 2 rings (SSSR count). The fourth-order valence-electron chi connectivity index (χ4n) is 2.14. The van der Waals surface area contributed by atoms with Crippen molar-refractivity contribution in [3.05, 3.63) is 24.0 Å². The lowest BCUT2D eigenvalue weighted by atomic mass is 10.0. The Labute approximate surface area is 91.7 Å². The smallest absolute Gasteiger partial charge is 0.0444 e. The molecule has 2 heterocycles. The molecule has 0 spiro atoms. The zero-order valence-corrected chi connectivity index (χ0v) is 9.42. The maximum absolute atomic E-state index is 3.56. The van der Waals surface area contributed by atoms with Gasteiger partial charge in [-0.05, 0) is 38.4 Å². The minimum Gasteiger partial charge on any atom is -0.364 e. The molecule has 1 aromatic heterocycles. The van der Waals surface area contributed by atoms with Crippen molar-refractivity contribution in [2.45, 2.75) is 38.3 Å². The van der Waals surface area contributed by atoms with Crippen LogP contribution in [0.4, 0.5) is 0 Å². The van der Waals surface area contributed by atoms with Gasteiger partial charge in [-0.25, -0.2) is 0 Å². The lowest BCUT2D eigenvalue weighted by Gasteiger charge is -2.25. The first-order valence-corrected chi connectivity index (χ1v) is 5.96. The molecule has 0 radical (unpaired) electrons. The van der Waals surface area contributed by atoms with Gasteiger partial charge in [0, 0.05) is 30.5 Å². The Balaban J connectivity index is 1.73. The summed E-state index contributed by atoms with van der Waals surface area (Å²) in [7, 11) is 0. The molecule has 0 bridgehead atoms. The van der Waals surface area contributed by atoms with Gasteiger partial charge in [0.25, 0.3) is 0 Å². The second-order valence-corrected chi connectivity index (χ2v) is 4.40. The Morgan fingerprint density at radius 1 is 1.53 bits per heavy atom. The van der Waals surface area contributed by atoms with Crippen molar-refractivity contribution in [3.63, 3.8) is 0 Å². The van der Waals surface area contributed by atoms with Crippen LogP contribution in [-0.2, 0) is 0 Å². The van der Waals surface area contributed by atoms with Crippen LogP contribution >= 0.6 is 0 Å². The average molecular weight is 207 g/mol. The van der Waals surface area contributed by atoms with E-state index in [9.17, 15) is 0 Å². The molecule has 0 amide bonds. The Morgan fingerprint density at radius 2 is 2.47 bits per heavy atom. The summed E-state index contributed by atoms with van der Waals surface area (Å²) in [4.78, 5) is 3.24. The van der Waals surface area contributed by atoms with E-state index in [0.717, 1.165) is 6.54 Å². The van der Waals surface area contributed by atoms with Gasteiger partial charge in [-0.15, -0.1) is 0 Å². The first-order chi connectivity index (χ1) is 7.36. The predicted molar refractivity (Wildman–Crippen MR) is 62.9 cm³/mol. The molecule has 1 aromatic rings. The number of rotatable bonds is 4. The lowest BCUT2D eigenvalue weighted by Crippen LogP contribution is -2.42. The maximum atomic E-state index is 3.56. The van der Waals surface area contributed by atoms with E-state index in [0.29, 0.717) is 12.1 Å². The lowest BCUT2D eigenvalue weighted by molar-refractivity contribution is 0.370. The zero-order valence-electron chi connectivity index (χ0n) is 9.42. The number of piperidine rings is 1. The van der Waals surface area contributed by atoms with Crippen LogP contribution in [0.1, 0.15) is 37.9 Å². The van der Waals surface area contributed by atoms with Gasteiger partial charge in [0.05, 0.1) is 0 Å². The highest BCUT2D eigenvalue weighted by molar-refractivity contribution is 5.07. The number of hydrogen-bond acceptors (Lipinski definition) is 2. The molecule has 0 aromatic carbocycles. The zero-order chi connectivity index (χ0) is 10.5. The molecular formula is C12H21N3. The minimum atomic E-state index is 0.420. The van der Waals surface area contributed by atoms with Crippen LogP contribution in [0.15, 0.2) is 18.3 Å². The van der Waals surface area contributed by atoms with E-state index in [1.165, 1.54) is 31.5 Å². The summed E-state index contributed by atoms with van der Waals surface area (Å²) in [5.41, 5.74) is 1.27. The standard InChI is InChI=1S/C12H21N3/c1-10(12-6-4-8-14-12)15-9-11-5-2-3-7-13-11/h4,6,8,10-11,13-15H,2-3,5,7,9H2,1H3. The molecule has 0 saturated carbocycles. The summed E-state index contributed by atoms with van der Waals surface area (Å²) in [5, 5.41) is 7.11. The molecule has 1 saturated heterocycles. The van der Waals surface area contributed by atoms with E-state index in [-0.39, 0.29) is 0 Å². The van der Waals surface area contributed by atoms with E-state index >= 15 is 0 Å². The van der Waals surface area contributed by atoms with Crippen LogP contribution in [0.3, 0.4) is 0 Å². The van der Waals surface area contributed by atoms with Crippen molar-refractivity contribution < 1.29 is 0 Å². The van der Waals surface area contributed by atoms with E-state index < -0.39 is 0 Å². The quantitative estimate of drug-likeness (QED) is 0.704. The van der Waals surface area contributed by atoms with Gasteiger partial charge in [-0.1, -0.05) is 6.42 Å². The van der Waals surface area contributed by atoms with E-state index in [1.54, 1.807) is 0 Å². The molecule has 84 valence electrons. The average Bonchev–Trinajstić information content (AvgIpc) is 2.81. The Bertz CT molecular complexity index is 262. The van der Waals surface area contributed by atoms with Crippen molar-refractivity contribution in [1.29, 1.82) is 0 Å². The summed E-state index contributed by atoms with van der Waals surface area (Å²) in [6.07, 6.45) is 6.00. The second-order valence-electron chi connectivity index (χ2n) is 4.40. The molecule has 2 atom stereocenters. The number of hydrogen-bond donors (Lipinski definition) is 3. The molecule has 15 heavy (non-hydrogen) atoms. The first-order valence-electron chi connectivity index (χ1n) is 5.96. The van der Waals surface area contributed by atoms with Gasteiger partial charge in [0.1, 0.15) is 0 Å². The Morgan fingerprint density at radius 3 is 3.13 bits per heavy atom. The van der Waals surface area contributed by atoms with E-state index in [1.807, 2.05) is 12.3 Å². The van der Waals surface area contributed by atoms with Gasteiger partial charge < -0.3 is 15.6 Å². The third-order valence-corrected chi connectivity index (χ3v) is 3.17. The minimum absolute atomic E-state index is 0.420. The monoisotopic (exact) mass is 207 g/mol. The second kappa shape index (κ2) is 5.33. The third kappa shape index (κ3) is 3.08. The first kappa shape index (κ1) is 10.7. The van der Waals surface area contributed by atoms with Crippen molar-refractivity contribution in [2.24, 2.45) is 0 Å². The van der Waals surface area contributed by atoms with Crippen molar-refractivity contribution >= 4 is 0 Å². The number of aromatic amines is 1. The largest absolute Gasteiger partial charge is 0.364 e. The molecule has 1 aliphatic rings. The van der Waals surface area contributed by atoms with Gasteiger partial charge in [-0.3, -0.25) is 0 Å². The van der Waals surface area contributed by atoms with Crippen LogP contribution in [0.2, 0.25) is 0 Å². The van der Waals surface area contributed by atoms with E-state index in [4.69, 9.17) is 0 Å². The van der Waals surface area contributed by atoms with Gasteiger partial charge >= 0.3 is 0 Å². The Hall–Kier alpha value is -0.800. The highest BCUT2D eigenvalue weighted by Gasteiger charge is 2.13. The number of nitrogens with one attached hydrogen (secondary N) is 3. The number of aromatic nitrogens is 1. The summed E-state index contributed by atoms with van der Waals surface area (Å²) in [5.74, 6) is 0. The molecule has 2 unspecified atom stereocenters. The van der Waals surface area contributed by atoms with Crippen molar-refractivity contribution in [1.82, 2.24) is 15.6 Å². The summed E-state index contributed by atoms with van der Waals surface area (Å²) in [6, 6.07) is 5.26. The van der Waals surface area contributed by atoms with Crippen LogP contribution in [-0.4, -0.2) is 24.1 Å². The predicted octanol–water partition coefficient (Wildman–Crippen LogP) is 1.81. The fourth-order valence-corrected chi connectivity index (χ4v) is 2.14. The molecule has 3 N–H and O–H groups in total. The molecule has 3 heteroatoms.